The number of rotatable bonds is 4. The number of primary amides is 1. The number of nitrogens with zero attached hydrogens (tertiary/aromatic N) is 1. The minimum absolute atomic E-state index is 0.103. The normalized spacial score (nSPS) is 22.1. The summed E-state index contributed by atoms with van der Waals surface area (Å²) in [4.78, 5) is 24.8. The average molecular weight is 305 g/mol. The molecule has 1 aromatic carbocycles. The van der Waals surface area contributed by atoms with Crippen LogP contribution in [0.15, 0.2) is 24.3 Å². The van der Waals surface area contributed by atoms with E-state index in [0.29, 0.717) is 5.92 Å². The molecule has 2 atom stereocenters. The van der Waals surface area contributed by atoms with Gasteiger partial charge in [-0.2, -0.15) is 0 Å². The van der Waals surface area contributed by atoms with Crippen molar-refractivity contribution < 1.29 is 14.3 Å². The number of likely N-dealkylation sites (tertiary alicyclic amines) is 1. The van der Waals surface area contributed by atoms with Gasteiger partial charge in [0.2, 0.25) is 5.91 Å². The standard InChI is InChI=1S/C16H23N3O3/c1-11-7-8-13(12-5-3-4-6-14(12)22-2)19(9-11)10-15(20)18-16(17)21/h3-6,11,13H,7-10H2,1-2H3,(H3,17,18,20,21). The lowest BCUT2D eigenvalue weighted by Gasteiger charge is -2.38. The van der Waals surface area contributed by atoms with Crippen molar-refractivity contribution in [1.29, 1.82) is 0 Å². The second-order valence-corrected chi connectivity index (χ2v) is 5.78. The molecule has 0 aromatic heterocycles. The summed E-state index contributed by atoms with van der Waals surface area (Å²) in [6.07, 6.45) is 2.04. The van der Waals surface area contributed by atoms with E-state index in [1.54, 1.807) is 7.11 Å². The van der Waals surface area contributed by atoms with Gasteiger partial charge in [0.05, 0.1) is 13.7 Å². The second kappa shape index (κ2) is 7.26. The van der Waals surface area contributed by atoms with Crippen molar-refractivity contribution in [3.63, 3.8) is 0 Å². The van der Waals surface area contributed by atoms with Crippen molar-refractivity contribution in [3.05, 3.63) is 29.8 Å². The van der Waals surface area contributed by atoms with Gasteiger partial charge in [0.25, 0.3) is 0 Å². The fourth-order valence-corrected chi connectivity index (χ4v) is 3.07. The van der Waals surface area contributed by atoms with Gasteiger partial charge in [-0.3, -0.25) is 15.0 Å². The van der Waals surface area contributed by atoms with E-state index in [2.05, 4.69) is 17.1 Å². The molecule has 0 bridgehead atoms. The van der Waals surface area contributed by atoms with Gasteiger partial charge in [-0.1, -0.05) is 25.1 Å². The predicted octanol–water partition coefficient (Wildman–Crippen LogP) is 1.66. The number of piperidine rings is 1. The molecule has 2 unspecified atom stereocenters. The molecule has 6 nitrogen and oxygen atoms in total. The number of urea groups is 1. The molecule has 3 N–H and O–H groups in total. The maximum atomic E-state index is 11.9. The molecule has 0 saturated carbocycles. The molecule has 3 amide bonds. The van der Waals surface area contributed by atoms with E-state index in [-0.39, 0.29) is 18.5 Å². The van der Waals surface area contributed by atoms with Crippen LogP contribution in [0.1, 0.15) is 31.4 Å². The third kappa shape index (κ3) is 3.98. The van der Waals surface area contributed by atoms with Gasteiger partial charge in [0, 0.05) is 18.2 Å². The first-order chi connectivity index (χ1) is 10.5. The number of para-hydroxylation sites is 1. The van der Waals surface area contributed by atoms with Gasteiger partial charge < -0.3 is 10.5 Å². The molecule has 0 spiro atoms. The first kappa shape index (κ1) is 16.3. The average Bonchev–Trinajstić information content (AvgIpc) is 2.46. The highest BCUT2D eigenvalue weighted by Crippen LogP contribution is 2.37. The lowest BCUT2D eigenvalue weighted by Crippen LogP contribution is -2.46. The molecule has 1 heterocycles. The Balaban J connectivity index is 2.19. The monoisotopic (exact) mass is 305 g/mol. The molecule has 0 aliphatic carbocycles. The summed E-state index contributed by atoms with van der Waals surface area (Å²) in [6.45, 7) is 3.11. The summed E-state index contributed by atoms with van der Waals surface area (Å²) in [6, 6.07) is 7.14. The molecule has 1 aliphatic heterocycles. The number of nitrogens with two attached hydrogens (primary N) is 1. The minimum Gasteiger partial charge on any atom is -0.496 e. The lowest BCUT2D eigenvalue weighted by atomic mass is 9.89. The Labute approximate surface area is 130 Å². The zero-order valence-corrected chi connectivity index (χ0v) is 13.0. The zero-order valence-electron chi connectivity index (χ0n) is 13.0. The molecular formula is C16H23N3O3. The molecule has 120 valence electrons. The second-order valence-electron chi connectivity index (χ2n) is 5.78. The molecule has 2 rings (SSSR count). The number of hydrogen-bond donors (Lipinski definition) is 2. The Bertz CT molecular complexity index is 547. The first-order valence-corrected chi connectivity index (χ1v) is 7.47. The molecule has 22 heavy (non-hydrogen) atoms. The number of imide groups is 1. The highest BCUT2D eigenvalue weighted by molar-refractivity contribution is 5.94. The number of amides is 3. The molecule has 1 aromatic rings. The van der Waals surface area contributed by atoms with Gasteiger partial charge in [-0.05, 0) is 24.8 Å². The molecule has 6 heteroatoms. The maximum Gasteiger partial charge on any atom is 0.318 e. The molecule has 1 fully saturated rings. The number of benzene rings is 1. The Kier molecular flexibility index (Phi) is 5.38. The van der Waals surface area contributed by atoms with E-state index in [1.165, 1.54) is 0 Å². The number of carbonyl (C=O) groups excluding carboxylic acids is 2. The SMILES string of the molecule is COc1ccccc1C1CCC(C)CN1CC(=O)NC(N)=O. The van der Waals surface area contributed by atoms with Crippen LogP contribution in [-0.4, -0.2) is 37.0 Å². The Morgan fingerprint density at radius 3 is 2.77 bits per heavy atom. The van der Waals surface area contributed by atoms with Crippen molar-refractivity contribution in [1.82, 2.24) is 10.2 Å². The van der Waals surface area contributed by atoms with E-state index in [0.717, 1.165) is 30.7 Å². The van der Waals surface area contributed by atoms with Gasteiger partial charge in [0.1, 0.15) is 5.75 Å². The van der Waals surface area contributed by atoms with Crippen LogP contribution < -0.4 is 15.8 Å². The Morgan fingerprint density at radius 1 is 1.36 bits per heavy atom. The van der Waals surface area contributed by atoms with Crippen LogP contribution >= 0.6 is 0 Å². The van der Waals surface area contributed by atoms with Crippen LogP contribution in [0.2, 0.25) is 0 Å². The lowest BCUT2D eigenvalue weighted by molar-refractivity contribution is -0.122. The van der Waals surface area contributed by atoms with Crippen molar-refractivity contribution >= 4 is 11.9 Å². The molecule has 1 aliphatic rings. The maximum absolute atomic E-state index is 11.9. The van der Waals surface area contributed by atoms with Crippen LogP contribution in [0, 0.1) is 5.92 Å². The van der Waals surface area contributed by atoms with Crippen molar-refractivity contribution in [2.45, 2.75) is 25.8 Å². The van der Waals surface area contributed by atoms with Crippen LogP contribution in [0.25, 0.3) is 0 Å². The summed E-state index contributed by atoms with van der Waals surface area (Å²) < 4.78 is 5.44. The summed E-state index contributed by atoms with van der Waals surface area (Å²) in [5, 5.41) is 2.13. The van der Waals surface area contributed by atoms with Gasteiger partial charge >= 0.3 is 6.03 Å². The van der Waals surface area contributed by atoms with Gasteiger partial charge in [0.15, 0.2) is 0 Å². The summed E-state index contributed by atoms with van der Waals surface area (Å²) in [5.41, 5.74) is 6.08. The predicted molar refractivity (Wildman–Crippen MR) is 83.4 cm³/mol. The van der Waals surface area contributed by atoms with E-state index in [1.807, 2.05) is 24.3 Å². The molecular weight excluding hydrogens is 282 g/mol. The van der Waals surface area contributed by atoms with E-state index >= 15 is 0 Å². The molecule has 1 saturated heterocycles. The molecule has 0 radical (unpaired) electrons. The largest absolute Gasteiger partial charge is 0.496 e. The third-order valence-corrected chi connectivity index (χ3v) is 4.03. The highest BCUT2D eigenvalue weighted by atomic mass is 16.5. The van der Waals surface area contributed by atoms with Crippen molar-refractivity contribution in [2.75, 3.05) is 20.2 Å². The highest BCUT2D eigenvalue weighted by Gasteiger charge is 2.30. The number of nitrogens with one attached hydrogen (secondary N) is 1. The van der Waals surface area contributed by atoms with Crippen LogP contribution in [0.5, 0.6) is 5.75 Å². The first-order valence-electron chi connectivity index (χ1n) is 7.47. The summed E-state index contributed by atoms with van der Waals surface area (Å²) >= 11 is 0. The van der Waals surface area contributed by atoms with Crippen molar-refractivity contribution in [2.24, 2.45) is 11.7 Å². The topological polar surface area (TPSA) is 84.7 Å². The third-order valence-electron chi connectivity index (χ3n) is 4.03. The number of hydrogen-bond acceptors (Lipinski definition) is 4. The smallest absolute Gasteiger partial charge is 0.318 e. The number of carbonyl (C=O) groups is 2. The fourth-order valence-electron chi connectivity index (χ4n) is 3.07. The van der Waals surface area contributed by atoms with E-state index in [4.69, 9.17) is 10.5 Å². The van der Waals surface area contributed by atoms with E-state index in [9.17, 15) is 9.59 Å². The minimum atomic E-state index is -0.816. The van der Waals surface area contributed by atoms with Crippen LogP contribution in [-0.2, 0) is 4.79 Å². The summed E-state index contributed by atoms with van der Waals surface area (Å²) in [7, 11) is 1.65. The number of methoxy groups -OCH3 is 1. The zero-order chi connectivity index (χ0) is 16.1. The summed E-state index contributed by atoms with van der Waals surface area (Å²) in [5.74, 6) is 0.955. The number of ether oxygens (including phenoxy) is 1. The van der Waals surface area contributed by atoms with Crippen LogP contribution in [0.3, 0.4) is 0 Å². The van der Waals surface area contributed by atoms with Crippen molar-refractivity contribution in [3.8, 4) is 5.75 Å². The Morgan fingerprint density at radius 2 is 2.09 bits per heavy atom. The quantitative estimate of drug-likeness (QED) is 0.886. The van der Waals surface area contributed by atoms with Gasteiger partial charge in [-0.25, -0.2) is 4.79 Å². The fraction of sp³-hybridized carbons (Fsp3) is 0.500. The van der Waals surface area contributed by atoms with Crippen LogP contribution in [0.4, 0.5) is 4.79 Å². The van der Waals surface area contributed by atoms with Gasteiger partial charge in [-0.15, -0.1) is 0 Å². The Hall–Kier alpha value is -2.08. The van der Waals surface area contributed by atoms with E-state index < -0.39 is 6.03 Å².